The van der Waals surface area contributed by atoms with Crippen molar-refractivity contribution in [2.45, 2.75) is 48.5 Å². The van der Waals surface area contributed by atoms with Crippen LogP contribution in [0.15, 0.2) is 73.4 Å². The largest absolute Gasteiger partial charge is 0.0991 e. The predicted octanol–water partition coefficient (Wildman–Crippen LogP) is 7.05. The maximum Gasteiger partial charge on any atom is 0.0146 e. The highest BCUT2D eigenvalue weighted by atomic mass is 14.3. The fourth-order valence-electron chi connectivity index (χ4n) is 1.60. The average molecular weight is 274 g/mol. The molecule has 0 heterocycles. The van der Waals surface area contributed by atoms with Gasteiger partial charge in [0.1, 0.15) is 0 Å². The van der Waals surface area contributed by atoms with Crippen LogP contribution in [0.25, 0.3) is 0 Å². The molecule has 0 saturated carbocycles. The lowest BCUT2D eigenvalue weighted by Crippen LogP contribution is -2.15. The van der Waals surface area contributed by atoms with E-state index in [0.29, 0.717) is 0 Å². The number of hydrogen-bond donors (Lipinski definition) is 0. The van der Waals surface area contributed by atoms with E-state index >= 15 is 0 Å². The molecule has 0 N–H and O–H groups in total. The molecule has 0 heteroatoms. The standard InChI is InChI=1S/C16H22.2C2H6/c1-7-11-14(10-4)16(5,6)15(12-8-2)13-9-3;2*1-2/h7-13H,1-2,4H2,3,5-6H3;2*1-2H3/b13-9-,14-11+,15-12+;;. The van der Waals surface area contributed by atoms with Gasteiger partial charge in [-0.3, -0.25) is 0 Å². The summed E-state index contributed by atoms with van der Waals surface area (Å²) in [7, 11) is 0. The van der Waals surface area contributed by atoms with E-state index in [1.54, 1.807) is 6.08 Å². The van der Waals surface area contributed by atoms with Crippen LogP contribution in [0.3, 0.4) is 0 Å². The van der Waals surface area contributed by atoms with E-state index in [0.717, 1.165) is 5.57 Å². The number of allylic oxidation sites excluding steroid dienone is 9. The Hall–Kier alpha value is -1.56. The quantitative estimate of drug-likeness (QED) is 0.455. The highest BCUT2D eigenvalue weighted by molar-refractivity contribution is 5.41. The minimum absolute atomic E-state index is 0.0867. The Morgan fingerprint density at radius 3 is 1.50 bits per heavy atom. The summed E-state index contributed by atoms with van der Waals surface area (Å²) < 4.78 is 0. The maximum absolute atomic E-state index is 3.86. The molecule has 0 saturated heterocycles. The van der Waals surface area contributed by atoms with E-state index in [2.05, 4.69) is 39.7 Å². The lowest BCUT2D eigenvalue weighted by atomic mass is 9.76. The molecule has 0 aliphatic rings. The van der Waals surface area contributed by atoms with Crippen molar-refractivity contribution in [1.29, 1.82) is 0 Å². The fourth-order valence-corrected chi connectivity index (χ4v) is 1.60. The van der Waals surface area contributed by atoms with Crippen molar-refractivity contribution in [2.75, 3.05) is 0 Å². The van der Waals surface area contributed by atoms with Gasteiger partial charge in [0.15, 0.2) is 0 Å². The van der Waals surface area contributed by atoms with Crippen LogP contribution in [0.1, 0.15) is 48.5 Å². The van der Waals surface area contributed by atoms with Crippen LogP contribution in [0.4, 0.5) is 0 Å². The smallest absolute Gasteiger partial charge is 0.0146 e. The van der Waals surface area contributed by atoms with Gasteiger partial charge >= 0.3 is 0 Å². The van der Waals surface area contributed by atoms with Crippen LogP contribution < -0.4 is 0 Å². The van der Waals surface area contributed by atoms with Crippen LogP contribution in [-0.2, 0) is 0 Å². The van der Waals surface area contributed by atoms with E-state index < -0.39 is 0 Å². The van der Waals surface area contributed by atoms with Gasteiger partial charge in [0.05, 0.1) is 0 Å². The SMILES string of the molecule is C=C/C=C(\C=C)C(C)(C)C(/C=C\C)=C/C=C.CC.CC. The Morgan fingerprint density at radius 2 is 1.20 bits per heavy atom. The van der Waals surface area contributed by atoms with Crippen LogP contribution in [-0.4, -0.2) is 0 Å². The minimum atomic E-state index is -0.0867. The normalized spacial score (nSPS) is 11.8. The summed E-state index contributed by atoms with van der Waals surface area (Å²) in [5, 5.41) is 0. The van der Waals surface area contributed by atoms with Crippen molar-refractivity contribution in [3.63, 3.8) is 0 Å². The summed E-state index contributed by atoms with van der Waals surface area (Å²) >= 11 is 0. The topological polar surface area (TPSA) is 0 Å². The zero-order valence-electron chi connectivity index (χ0n) is 14.7. The molecule has 0 amide bonds. The molecule has 0 aromatic heterocycles. The Morgan fingerprint density at radius 1 is 0.800 bits per heavy atom. The highest BCUT2D eigenvalue weighted by Crippen LogP contribution is 2.36. The fraction of sp³-hybridized carbons (Fsp3) is 0.400. The average Bonchev–Trinajstić information content (AvgIpc) is 2.48. The van der Waals surface area contributed by atoms with Crippen LogP contribution in [0.2, 0.25) is 0 Å². The second-order valence-electron chi connectivity index (χ2n) is 4.04. The second kappa shape index (κ2) is 15.5. The van der Waals surface area contributed by atoms with Crippen molar-refractivity contribution >= 4 is 0 Å². The van der Waals surface area contributed by atoms with Crippen LogP contribution >= 0.6 is 0 Å². The first-order chi connectivity index (χ1) is 9.54. The zero-order chi connectivity index (χ0) is 16.6. The molecule has 0 aromatic carbocycles. The molecule has 0 rings (SSSR count). The monoisotopic (exact) mass is 274 g/mol. The van der Waals surface area contributed by atoms with Gasteiger partial charge in [-0.05, 0) is 18.1 Å². The summed E-state index contributed by atoms with van der Waals surface area (Å²) in [5.41, 5.74) is 2.27. The molecule has 114 valence electrons. The molecule has 0 aliphatic carbocycles. The van der Waals surface area contributed by atoms with Gasteiger partial charge in [0, 0.05) is 5.41 Å². The van der Waals surface area contributed by atoms with Crippen molar-refractivity contribution < 1.29 is 0 Å². The van der Waals surface area contributed by atoms with Gasteiger partial charge in [-0.2, -0.15) is 0 Å². The number of hydrogen-bond acceptors (Lipinski definition) is 0. The van der Waals surface area contributed by atoms with Gasteiger partial charge in [0.25, 0.3) is 0 Å². The predicted molar refractivity (Wildman–Crippen MR) is 98.0 cm³/mol. The number of rotatable bonds is 6. The van der Waals surface area contributed by atoms with Crippen LogP contribution in [0, 0.1) is 5.41 Å². The molecule has 0 unspecified atom stereocenters. The summed E-state index contributed by atoms with van der Waals surface area (Å²) in [6.07, 6.45) is 13.6. The summed E-state index contributed by atoms with van der Waals surface area (Å²) in [5.74, 6) is 0. The van der Waals surface area contributed by atoms with Gasteiger partial charge < -0.3 is 0 Å². The van der Waals surface area contributed by atoms with E-state index in [9.17, 15) is 0 Å². The van der Waals surface area contributed by atoms with E-state index in [4.69, 9.17) is 0 Å². The molecule has 0 bridgehead atoms. The third kappa shape index (κ3) is 8.53. The van der Waals surface area contributed by atoms with Crippen molar-refractivity contribution in [3.8, 4) is 0 Å². The van der Waals surface area contributed by atoms with E-state index in [1.165, 1.54) is 5.57 Å². The molecule has 0 nitrogen and oxygen atoms in total. The molecule has 0 fully saturated rings. The molecule has 0 radical (unpaired) electrons. The lowest BCUT2D eigenvalue weighted by molar-refractivity contribution is 0.566. The lowest BCUT2D eigenvalue weighted by Gasteiger charge is -2.28. The first-order valence-corrected chi connectivity index (χ1v) is 7.46. The summed E-state index contributed by atoms with van der Waals surface area (Å²) in [6, 6.07) is 0. The second-order valence-corrected chi connectivity index (χ2v) is 4.04. The third-order valence-electron chi connectivity index (χ3n) is 2.60. The maximum atomic E-state index is 3.86. The third-order valence-corrected chi connectivity index (χ3v) is 2.60. The van der Waals surface area contributed by atoms with Crippen molar-refractivity contribution in [1.82, 2.24) is 0 Å². The molecule has 20 heavy (non-hydrogen) atoms. The first-order valence-electron chi connectivity index (χ1n) is 7.46. The Labute approximate surface area is 128 Å². The summed E-state index contributed by atoms with van der Waals surface area (Å²) in [4.78, 5) is 0. The molecule has 0 aliphatic heterocycles. The summed E-state index contributed by atoms with van der Waals surface area (Å²) in [6.45, 7) is 25.7. The Bertz CT molecular complexity index is 346. The molecule has 0 spiro atoms. The highest BCUT2D eigenvalue weighted by Gasteiger charge is 2.23. The zero-order valence-corrected chi connectivity index (χ0v) is 14.7. The van der Waals surface area contributed by atoms with Crippen LogP contribution in [0.5, 0.6) is 0 Å². The van der Waals surface area contributed by atoms with Crippen molar-refractivity contribution in [2.24, 2.45) is 5.41 Å². The Kier molecular flexibility index (Phi) is 18.2. The van der Waals surface area contributed by atoms with Crippen molar-refractivity contribution in [3.05, 3.63) is 73.4 Å². The van der Waals surface area contributed by atoms with E-state index in [1.807, 2.05) is 65.0 Å². The molecule has 0 aromatic rings. The molecular formula is C20H34. The minimum Gasteiger partial charge on any atom is -0.0991 e. The van der Waals surface area contributed by atoms with Gasteiger partial charge in [-0.25, -0.2) is 0 Å². The molecule has 0 atom stereocenters. The van der Waals surface area contributed by atoms with Gasteiger partial charge in [-0.15, -0.1) is 0 Å². The van der Waals surface area contributed by atoms with E-state index in [-0.39, 0.29) is 5.41 Å². The molecular weight excluding hydrogens is 240 g/mol. The van der Waals surface area contributed by atoms with Gasteiger partial charge in [-0.1, -0.05) is 104 Å². The first kappa shape index (κ1) is 23.5. The Balaban J connectivity index is -0.000000656. The van der Waals surface area contributed by atoms with Gasteiger partial charge in [0.2, 0.25) is 0 Å².